The number of H-pyrrole nitrogens is 1. The summed E-state index contributed by atoms with van der Waals surface area (Å²) >= 11 is 0. The van der Waals surface area contributed by atoms with E-state index in [0.717, 1.165) is 27.6 Å². The molecule has 8 nitrogen and oxygen atoms in total. The van der Waals surface area contributed by atoms with Gasteiger partial charge in [0.2, 0.25) is 11.5 Å². The minimum atomic E-state index is -1.42. The van der Waals surface area contributed by atoms with E-state index < -0.39 is 17.9 Å². The molecular weight excluding hydrogens is 398 g/mol. The van der Waals surface area contributed by atoms with Crippen molar-refractivity contribution in [3.05, 3.63) is 75.6 Å². The average Bonchev–Trinajstić information content (AvgIpc) is 3.19. The van der Waals surface area contributed by atoms with E-state index in [1.54, 1.807) is 6.07 Å². The highest BCUT2D eigenvalue weighted by Crippen LogP contribution is 2.36. The monoisotopic (exact) mass is 421 g/mol. The molecule has 0 bridgehead atoms. The molecule has 3 aromatic rings. The number of aromatic amines is 1. The molecule has 2 heterocycles. The van der Waals surface area contributed by atoms with Crippen LogP contribution in [0.5, 0.6) is 5.75 Å². The van der Waals surface area contributed by atoms with Crippen molar-refractivity contribution in [2.75, 3.05) is 6.54 Å². The number of aromatic nitrogens is 1. The van der Waals surface area contributed by atoms with Crippen molar-refractivity contribution >= 4 is 22.8 Å². The van der Waals surface area contributed by atoms with Gasteiger partial charge < -0.3 is 25.5 Å². The van der Waals surface area contributed by atoms with Gasteiger partial charge in [0.05, 0.1) is 12.1 Å². The molecule has 2 aromatic carbocycles. The van der Waals surface area contributed by atoms with Crippen LogP contribution in [-0.2, 0) is 27.4 Å². The van der Waals surface area contributed by atoms with Crippen molar-refractivity contribution in [3.63, 3.8) is 0 Å². The van der Waals surface area contributed by atoms with E-state index in [0.29, 0.717) is 12.2 Å². The first kappa shape index (κ1) is 20.6. The van der Waals surface area contributed by atoms with Crippen LogP contribution in [0.25, 0.3) is 10.9 Å². The SMILES string of the molecule is Cc1cc2c(c3ccc(=O)[nH]c13)OC(CNC(=O)C(N)C(=O)OCc1ccccc1)C2. The fraction of sp³-hybridized carbons (Fsp3) is 0.261. The number of fused-ring (bicyclic) bond motifs is 3. The summed E-state index contributed by atoms with van der Waals surface area (Å²) in [6.45, 7) is 2.17. The number of carbonyl (C=O) groups is 2. The van der Waals surface area contributed by atoms with Crippen molar-refractivity contribution < 1.29 is 19.1 Å². The Bertz CT molecular complexity index is 1190. The first-order chi connectivity index (χ1) is 14.9. The largest absolute Gasteiger partial charge is 0.487 e. The molecule has 2 atom stereocenters. The zero-order chi connectivity index (χ0) is 22.0. The first-order valence-electron chi connectivity index (χ1n) is 9.98. The maximum Gasteiger partial charge on any atom is 0.333 e. The summed E-state index contributed by atoms with van der Waals surface area (Å²) in [5, 5.41) is 3.49. The smallest absolute Gasteiger partial charge is 0.333 e. The lowest BCUT2D eigenvalue weighted by Gasteiger charge is -2.15. The number of nitrogens with two attached hydrogens (primary N) is 1. The number of ether oxygens (including phenoxy) is 2. The van der Waals surface area contributed by atoms with Crippen LogP contribution in [0.3, 0.4) is 0 Å². The van der Waals surface area contributed by atoms with E-state index in [1.165, 1.54) is 6.07 Å². The molecule has 1 aromatic heterocycles. The molecule has 0 spiro atoms. The number of benzene rings is 2. The van der Waals surface area contributed by atoms with Crippen molar-refractivity contribution in [2.24, 2.45) is 5.73 Å². The molecule has 0 saturated carbocycles. The van der Waals surface area contributed by atoms with Gasteiger partial charge in [0, 0.05) is 17.9 Å². The summed E-state index contributed by atoms with van der Waals surface area (Å²) < 4.78 is 11.1. The Hall–Kier alpha value is -3.65. The number of esters is 1. The maximum absolute atomic E-state index is 12.3. The number of aryl methyl sites for hydroxylation is 1. The Labute approximate surface area is 178 Å². The van der Waals surface area contributed by atoms with Crippen molar-refractivity contribution in [1.82, 2.24) is 10.3 Å². The average molecular weight is 421 g/mol. The van der Waals surface area contributed by atoms with Gasteiger partial charge >= 0.3 is 5.97 Å². The molecule has 0 aliphatic carbocycles. The topological polar surface area (TPSA) is 124 Å². The number of hydrogen-bond acceptors (Lipinski definition) is 6. The fourth-order valence-electron chi connectivity index (χ4n) is 3.65. The first-order valence-corrected chi connectivity index (χ1v) is 9.98. The summed E-state index contributed by atoms with van der Waals surface area (Å²) in [6.07, 6.45) is 0.294. The molecule has 8 heteroatoms. The third-order valence-corrected chi connectivity index (χ3v) is 5.24. The second-order valence-electron chi connectivity index (χ2n) is 7.55. The highest BCUT2D eigenvalue weighted by atomic mass is 16.5. The van der Waals surface area contributed by atoms with Gasteiger partial charge in [-0.3, -0.25) is 9.59 Å². The summed E-state index contributed by atoms with van der Waals surface area (Å²) in [5.41, 5.74) is 9.06. The van der Waals surface area contributed by atoms with E-state index in [9.17, 15) is 14.4 Å². The number of pyridine rings is 1. The molecule has 1 aliphatic heterocycles. The second kappa shape index (κ2) is 8.61. The van der Waals surface area contributed by atoms with Crippen LogP contribution in [0, 0.1) is 6.92 Å². The Morgan fingerprint density at radius 3 is 2.81 bits per heavy atom. The molecule has 0 fully saturated rings. The quantitative estimate of drug-likeness (QED) is 0.408. The normalized spacial score (nSPS) is 15.7. The Balaban J connectivity index is 1.33. The zero-order valence-corrected chi connectivity index (χ0v) is 17.0. The molecule has 0 radical (unpaired) electrons. The molecular formula is C23H23N3O5. The molecule has 31 heavy (non-hydrogen) atoms. The number of carbonyl (C=O) groups excluding carboxylic acids is 2. The van der Waals surface area contributed by atoms with Gasteiger partial charge in [-0.05, 0) is 29.7 Å². The van der Waals surface area contributed by atoms with Crippen molar-refractivity contribution in [2.45, 2.75) is 32.1 Å². The Morgan fingerprint density at radius 1 is 1.26 bits per heavy atom. The zero-order valence-electron chi connectivity index (χ0n) is 17.0. The number of hydrogen-bond donors (Lipinski definition) is 3. The van der Waals surface area contributed by atoms with Gasteiger partial charge in [-0.15, -0.1) is 0 Å². The molecule has 0 saturated heterocycles. The summed E-state index contributed by atoms with van der Waals surface area (Å²) in [4.78, 5) is 38.8. The van der Waals surface area contributed by atoms with Crippen LogP contribution >= 0.6 is 0 Å². The highest BCUT2D eigenvalue weighted by molar-refractivity contribution is 6.01. The standard InChI is InChI=1S/C23H23N3O5/c1-13-9-15-10-16(31-21(15)17-7-8-18(27)26-20(13)17)11-25-22(28)19(24)23(29)30-12-14-5-3-2-4-6-14/h2-9,16,19H,10-12,24H2,1H3,(H,25,28)(H,26,27). The van der Waals surface area contributed by atoms with Gasteiger partial charge in [0.15, 0.2) is 6.04 Å². The molecule has 4 N–H and O–H groups in total. The molecule has 160 valence electrons. The number of rotatable bonds is 6. The highest BCUT2D eigenvalue weighted by Gasteiger charge is 2.29. The van der Waals surface area contributed by atoms with E-state index in [-0.39, 0.29) is 24.8 Å². The third kappa shape index (κ3) is 4.44. The van der Waals surface area contributed by atoms with Crippen LogP contribution in [0.15, 0.2) is 53.3 Å². The third-order valence-electron chi connectivity index (χ3n) is 5.24. The van der Waals surface area contributed by atoms with Gasteiger partial charge in [0.25, 0.3) is 0 Å². The summed E-state index contributed by atoms with van der Waals surface area (Å²) in [5.74, 6) is -0.715. The van der Waals surface area contributed by atoms with Crippen LogP contribution in [0.4, 0.5) is 0 Å². The van der Waals surface area contributed by atoms with Gasteiger partial charge in [-0.2, -0.15) is 0 Å². The molecule has 4 rings (SSSR count). The number of amides is 1. The minimum Gasteiger partial charge on any atom is -0.487 e. The van der Waals surface area contributed by atoms with Crippen molar-refractivity contribution in [1.29, 1.82) is 0 Å². The van der Waals surface area contributed by atoms with Crippen LogP contribution in [-0.4, -0.2) is 35.6 Å². The molecule has 1 amide bonds. The lowest BCUT2D eigenvalue weighted by Crippen LogP contribution is -2.49. The van der Waals surface area contributed by atoms with E-state index in [2.05, 4.69) is 10.3 Å². The summed E-state index contributed by atoms with van der Waals surface area (Å²) in [6, 6.07) is 12.9. The lowest BCUT2D eigenvalue weighted by molar-refractivity contribution is -0.149. The maximum atomic E-state index is 12.3. The van der Waals surface area contributed by atoms with Gasteiger partial charge in [-0.1, -0.05) is 36.4 Å². The second-order valence-corrected chi connectivity index (χ2v) is 7.55. The van der Waals surface area contributed by atoms with E-state index >= 15 is 0 Å². The van der Waals surface area contributed by atoms with Crippen LogP contribution in [0.2, 0.25) is 0 Å². The predicted octanol–water partition coefficient (Wildman–Crippen LogP) is 1.33. The Kier molecular flexibility index (Phi) is 5.73. The van der Waals surface area contributed by atoms with Crippen LogP contribution in [0.1, 0.15) is 16.7 Å². The minimum absolute atomic E-state index is 0.0518. The summed E-state index contributed by atoms with van der Waals surface area (Å²) in [7, 11) is 0. The molecule has 2 unspecified atom stereocenters. The van der Waals surface area contributed by atoms with E-state index in [1.807, 2.05) is 43.3 Å². The number of nitrogens with one attached hydrogen (secondary N) is 2. The van der Waals surface area contributed by atoms with Crippen molar-refractivity contribution in [3.8, 4) is 5.75 Å². The predicted molar refractivity (Wildman–Crippen MR) is 115 cm³/mol. The van der Waals surface area contributed by atoms with Gasteiger partial charge in [0.1, 0.15) is 18.5 Å². The Morgan fingerprint density at radius 2 is 2.03 bits per heavy atom. The van der Waals surface area contributed by atoms with E-state index in [4.69, 9.17) is 15.2 Å². The van der Waals surface area contributed by atoms with Crippen LogP contribution < -0.4 is 21.3 Å². The lowest BCUT2D eigenvalue weighted by atomic mass is 10.0. The fourth-order valence-corrected chi connectivity index (χ4v) is 3.65. The molecule has 1 aliphatic rings. The van der Waals surface area contributed by atoms with Gasteiger partial charge in [-0.25, -0.2) is 4.79 Å².